The van der Waals surface area contributed by atoms with Gasteiger partial charge in [0, 0.05) is 37.3 Å². The summed E-state index contributed by atoms with van der Waals surface area (Å²) in [5.41, 5.74) is 1.66. The van der Waals surface area contributed by atoms with Gasteiger partial charge in [0.15, 0.2) is 0 Å². The molecule has 0 unspecified atom stereocenters. The maximum Gasteiger partial charge on any atom is 0.253 e. The standard InChI is InChI=1S/C21H29N3O2/c1-2-13-22-21(26)18-9-5-6-10-19(18)24-14-11-17(12-15-24)23-20(25)16-7-3-4-8-16/h2,5-6,9-10,16-17H,1,3-4,7-8,11-15H2,(H,22,26)(H,23,25). The Bertz CT molecular complexity index is 644. The number of amides is 2. The van der Waals surface area contributed by atoms with Crippen molar-refractivity contribution in [1.29, 1.82) is 0 Å². The van der Waals surface area contributed by atoms with Crippen molar-refractivity contribution in [1.82, 2.24) is 10.6 Å². The van der Waals surface area contributed by atoms with Gasteiger partial charge in [-0.05, 0) is 37.8 Å². The maximum absolute atomic E-state index is 12.4. The van der Waals surface area contributed by atoms with Gasteiger partial charge in [0.1, 0.15) is 0 Å². The van der Waals surface area contributed by atoms with Crippen molar-refractivity contribution < 1.29 is 9.59 Å². The molecule has 140 valence electrons. The molecule has 1 aromatic carbocycles. The van der Waals surface area contributed by atoms with Crippen LogP contribution in [-0.4, -0.2) is 37.5 Å². The van der Waals surface area contributed by atoms with Crippen LogP contribution in [0.5, 0.6) is 0 Å². The van der Waals surface area contributed by atoms with E-state index >= 15 is 0 Å². The van der Waals surface area contributed by atoms with Crippen LogP contribution in [0.1, 0.15) is 48.9 Å². The lowest BCUT2D eigenvalue weighted by Gasteiger charge is -2.35. The first-order valence-corrected chi connectivity index (χ1v) is 9.72. The maximum atomic E-state index is 12.4. The molecule has 3 rings (SSSR count). The summed E-state index contributed by atoms with van der Waals surface area (Å²) in [5.74, 6) is 0.393. The number of hydrogen-bond donors (Lipinski definition) is 2. The molecule has 1 saturated carbocycles. The van der Waals surface area contributed by atoms with E-state index in [0.29, 0.717) is 12.1 Å². The fraction of sp³-hybridized carbons (Fsp3) is 0.524. The molecule has 0 spiro atoms. The Hall–Kier alpha value is -2.30. The Morgan fingerprint density at radius 1 is 1.12 bits per heavy atom. The molecule has 0 atom stereocenters. The molecule has 0 radical (unpaired) electrons. The lowest BCUT2D eigenvalue weighted by molar-refractivity contribution is -0.125. The van der Waals surface area contributed by atoms with Gasteiger partial charge in [-0.3, -0.25) is 9.59 Å². The minimum Gasteiger partial charge on any atom is -0.371 e. The van der Waals surface area contributed by atoms with Crippen molar-refractivity contribution in [2.45, 2.75) is 44.6 Å². The molecule has 1 aromatic rings. The summed E-state index contributed by atoms with van der Waals surface area (Å²) >= 11 is 0. The molecule has 2 amide bonds. The number of anilines is 1. The van der Waals surface area contributed by atoms with Gasteiger partial charge in [-0.15, -0.1) is 6.58 Å². The van der Waals surface area contributed by atoms with Crippen molar-refractivity contribution in [2.24, 2.45) is 5.92 Å². The molecule has 0 bridgehead atoms. The summed E-state index contributed by atoms with van der Waals surface area (Å²) < 4.78 is 0. The smallest absolute Gasteiger partial charge is 0.253 e. The van der Waals surface area contributed by atoms with Crippen LogP contribution in [0.15, 0.2) is 36.9 Å². The number of carbonyl (C=O) groups is 2. The number of hydrogen-bond acceptors (Lipinski definition) is 3. The number of carbonyl (C=O) groups excluding carboxylic acids is 2. The lowest BCUT2D eigenvalue weighted by atomic mass is 10.0. The topological polar surface area (TPSA) is 61.4 Å². The monoisotopic (exact) mass is 355 g/mol. The summed E-state index contributed by atoms with van der Waals surface area (Å²) in [6.45, 7) is 5.80. The third-order valence-corrected chi connectivity index (χ3v) is 5.46. The molecule has 1 saturated heterocycles. The summed E-state index contributed by atoms with van der Waals surface area (Å²) in [6.07, 6.45) is 7.96. The molecule has 0 aromatic heterocycles. The van der Waals surface area contributed by atoms with Crippen LogP contribution >= 0.6 is 0 Å². The Balaban J connectivity index is 1.57. The molecule has 1 heterocycles. The van der Waals surface area contributed by atoms with E-state index in [2.05, 4.69) is 22.1 Å². The number of para-hydroxylation sites is 1. The second-order valence-corrected chi connectivity index (χ2v) is 7.27. The normalized spacial score (nSPS) is 18.5. The molecule has 5 nitrogen and oxygen atoms in total. The Labute approximate surface area is 155 Å². The van der Waals surface area contributed by atoms with E-state index in [-0.39, 0.29) is 23.8 Å². The van der Waals surface area contributed by atoms with E-state index in [1.807, 2.05) is 24.3 Å². The number of nitrogens with one attached hydrogen (secondary N) is 2. The molecule has 1 aliphatic carbocycles. The second kappa shape index (κ2) is 8.88. The van der Waals surface area contributed by atoms with Crippen LogP contribution in [0, 0.1) is 5.92 Å². The molecule has 2 N–H and O–H groups in total. The molecule has 5 heteroatoms. The Morgan fingerprint density at radius 2 is 1.81 bits per heavy atom. The highest BCUT2D eigenvalue weighted by atomic mass is 16.2. The van der Waals surface area contributed by atoms with Crippen molar-refractivity contribution >= 4 is 17.5 Å². The van der Waals surface area contributed by atoms with E-state index in [4.69, 9.17) is 0 Å². The van der Waals surface area contributed by atoms with Gasteiger partial charge in [0.2, 0.25) is 5.91 Å². The molecule has 2 aliphatic rings. The first kappa shape index (κ1) is 18.5. The average Bonchev–Trinajstić information content (AvgIpc) is 3.22. The third-order valence-electron chi connectivity index (χ3n) is 5.46. The summed E-state index contributed by atoms with van der Waals surface area (Å²) in [5, 5.41) is 6.10. The highest BCUT2D eigenvalue weighted by Crippen LogP contribution is 2.27. The minimum atomic E-state index is -0.0721. The van der Waals surface area contributed by atoms with Gasteiger partial charge < -0.3 is 15.5 Å². The number of rotatable bonds is 6. The highest BCUT2D eigenvalue weighted by molar-refractivity contribution is 5.99. The van der Waals surface area contributed by atoms with Gasteiger partial charge >= 0.3 is 0 Å². The molecule has 26 heavy (non-hydrogen) atoms. The van der Waals surface area contributed by atoms with Crippen LogP contribution in [0.25, 0.3) is 0 Å². The van der Waals surface area contributed by atoms with Gasteiger partial charge in [-0.2, -0.15) is 0 Å². The van der Waals surface area contributed by atoms with E-state index in [1.165, 1.54) is 12.8 Å². The zero-order chi connectivity index (χ0) is 18.4. The number of nitrogens with zero attached hydrogens (tertiary/aromatic N) is 1. The largest absolute Gasteiger partial charge is 0.371 e. The highest BCUT2D eigenvalue weighted by Gasteiger charge is 2.27. The van der Waals surface area contributed by atoms with Crippen molar-refractivity contribution in [3.05, 3.63) is 42.5 Å². The summed E-state index contributed by atoms with van der Waals surface area (Å²) in [7, 11) is 0. The zero-order valence-electron chi connectivity index (χ0n) is 15.4. The molecule has 1 aliphatic heterocycles. The van der Waals surface area contributed by atoms with Crippen LogP contribution in [0.3, 0.4) is 0 Å². The first-order valence-electron chi connectivity index (χ1n) is 9.72. The SMILES string of the molecule is C=CCNC(=O)c1ccccc1N1CCC(NC(=O)C2CCCC2)CC1. The van der Waals surface area contributed by atoms with E-state index < -0.39 is 0 Å². The van der Waals surface area contributed by atoms with Gasteiger partial charge in [-0.25, -0.2) is 0 Å². The van der Waals surface area contributed by atoms with Crippen LogP contribution < -0.4 is 15.5 Å². The molecular formula is C21H29N3O2. The second-order valence-electron chi connectivity index (χ2n) is 7.27. The Kier molecular flexibility index (Phi) is 6.31. The fourth-order valence-corrected chi connectivity index (χ4v) is 3.97. The van der Waals surface area contributed by atoms with Gasteiger partial charge in [0.25, 0.3) is 5.91 Å². The van der Waals surface area contributed by atoms with E-state index in [0.717, 1.165) is 44.5 Å². The predicted octanol–water partition coefficient (Wildman–Crippen LogP) is 2.88. The van der Waals surface area contributed by atoms with Crippen molar-refractivity contribution in [3.63, 3.8) is 0 Å². The predicted molar refractivity (Wildman–Crippen MR) is 104 cm³/mol. The van der Waals surface area contributed by atoms with Crippen molar-refractivity contribution in [3.8, 4) is 0 Å². The fourth-order valence-electron chi connectivity index (χ4n) is 3.97. The molecule has 2 fully saturated rings. The summed E-state index contributed by atoms with van der Waals surface area (Å²) in [4.78, 5) is 27.0. The number of piperidine rings is 1. The zero-order valence-corrected chi connectivity index (χ0v) is 15.4. The van der Waals surface area contributed by atoms with Crippen LogP contribution in [0.4, 0.5) is 5.69 Å². The summed E-state index contributed by atoms with van der Waals surface area (Å²) in [6, 6.07) is 7.97. The van der Waals surface area contributed by atoms with E-state index in [9.17, 15) is 9.59 Å². The van der Waals surface area contributed by atoms with E-state index in [1.54, 1.807) is 6.08 Å². The quantitative estimate of drug-likeness (QED) is 0.772. The van der Waals surface area contributed by atoms with Gasteiger partial charge in [-0.1, -0.05) is 31.1 Å². The van der Waals surface area contributed by atoms with Crippen molar-refractivity contribution in [2.75, 3.05) is 24.5 Å². The Morgan fingerprint density at radius 3 is 2.50 bits per heavy atom. The molecular weight excluding hydrogens is 326 g/mol. The van der Waals surface area contributed by atoms with Gasteiger partial charge in [0.05, 0.1) is 5.56 Å². The average molecular weight is 355 g/mol. The first-order chi connectivity index (χ1) is 12.7. The van der Waals surface area contributed by atoms with Crippen LogP contribution in [-0.2, 0) is 4.79 Å². The minimum absolute atomic E-state index is 0.0721. The lowest BCUT2D eigenvalue weighted by Crippen LogP contribution is -2.46. The number of benzene rings is 1. The van der Waals surface area contributed by atoms with Crippen LogP contribution in [0.2, 0.25) is 0 Å². The third kappa shape index (κ3) is 4.45.